The fraction of sp³-hybridized carbons (Fsp3) is 0.467. The van der Waals surface area contributed by atoms with Crippen molar-refractivity contribution in [2.75, 3.05) is 0 Å². The second kappa shape index (κ2) is 6.86. The molecule has 20 heavy (non-hydrogen) atoms. The number of aromatic nitrogens is 3. The van der Waals surface area contributed by atoms with Crippen molar-refractivity contribution in [1.29, 1.82) is 0 Å². The highest BCUT2D eigenvalue weighted by Gasteiger charge is 2.23. The molecule has 0 aliphatic carbocycles. The number of aliphatic hydroxyl groups excluding tert-OH is 1. The lowest BCUT2D eigenvalue weighted by molar-refractivity contribution is 0.0849. The zero-order chi connectivity index (χ0) is 14.5. The van der Waals surface area contributed by atoms with Gasteiger partial charge >= 0.3 is 0 Å². The van der Waals surface area contributed by atoms with Gasteiger partial charge in [0, 0.05) is 5.02 Å². The summed E-state index contributed by atoms with van der Waals surface area (Å²) in [5, 5.41) is 15.3. The van der Waals surface area contributed by atoms with Crippen molar-refractivity contribution < 1.29 is 5.11 Å². The minimum absolute atomic E-state index is 0.110. The first-order valence-corrected chi connectivity index (χ1v) is 7.20. The molecule has 108 valence electrons. The standard InChI is InChI=1S/C15H20ClN3O/c1-11(2)7-15(20)14(19-10-17-9-18-19)8-12-3-5-13(16)6-4-12/h3-6,9-11,14-15,20H,7-8H2,1-2H3. The van der Waals surface area contributed by atoms with Crippen LogP contribution in [0.3, 0.4) is 0 Å². The SMILES string of the molecule is CC(C)CC(O)C(Cc1ccc(Cl)cc1)n1cncn1. The zero-order valence-corrected chi connectivity index (χ0v) is 12.5. The summed E-state index contributed by atoms with van der Waals surface area (Å²) in [5.74, 6) is 0.432. The Balaban J connectivity index is 2.16. The Kier molecular flexibility index (Phi) is 5.15. The van der Waals surface area contributed by atoms with Gasteiger partial charge in [0.1, 0.15) is 12.7 Å². The van der Waals surface area contributed by atoms with E-state index in [2.05, 4.69) is 23.9 Å². The molecule has 1 heterocycles. The van der Waals surface area contributed by atoms with E-state index in [4.69, 9.17) is 11.6 Å². The van der Waals surface area contributed by atoms with E-state index in [1.54, 1.807) is 11.0 Å². The third-order valence-electron chi connectivity index (χ3n) is 3.29. The quantitative estimate of drug-likeness (QED) is 0.890. The summed E-state index contributed by atoms with van der Waals surface area (Å²) in [6, 6.07) is 7.58. The maximum absolute atomic E-state index is 10.5. The molecule has 0 saturated heterocycles. The summed E-state index contributed by atoms with van der Waals surface area (Å²) in [6.07, 6.45) is 4.14. The topological polar surface area (TPSA) is 50.9 Å². The molecule has 5 heteroatoms. The summed E-state index contributed by atoms with van der Waals surface area (Å²) in [5.41, 5.74) is 1.12. The Bertz CT molecular complexity index is 510. The zero-order valence-electron chi connectivity index (χ0n) is 11.8. The Labute approximate surface area is 124 Å². The van der Waals surface area contributed by atoms with Crippen molar-refractivity contribution in [2.24, 2.45) is 5.92 Å². The van der Waals surface area contributed by atoms with Crippen LogP contribution < -0.4 is 0 Å². The molecule has 0 aliphatic rings. The van der Waals surface area contributed by atoms with E-state index in [0.29, 0.717) is 17.4 Å². The fourth-order valence-electron chi connectivity index (χ4n) is 2.30. The Morgan fingerprint density at radius 2 is 1.95 bits per heavy atom. The second-order valence-corrected chi connectivity index (χ2v) is 5.91. The third-order valence-corrected chi connectivity index (χ3v) is 3.54. The highest BCUT2D eigenvalue weighted by atomic mass is 35.5. The van der Waals surface area contributed by atoms with Crippen LogP contribution in [0, 0.1) is 5.92 Å². The maximum atomic E-state index is 10.5. The number of nitrogens with zero attached hydrogens (tertiary/aromatic N) is 3. The van der Waals surface area contributed by atoms with E-state index in [1.807, 2.05) is 24.3 Å². The van der Waals surface area contributed by atoms with Gasteiger partial charge in [-0.3, -0.25) is 0 Å². The molecule has 0 fully saturated rings. The average molecular weight is 294 g/mol. The molecule has 4 nitrogen and oxygen atoms in total. The van der Waals surface area contributed by atoms with Crippen molar-refractivity contribution in [1.82, 2.24) is 14.8 Å². The van der Waals surface area contributed by atoms with E-state index >= 15 is 0 Å². The van der Waals surface area contributed by atoms with E-state index in [0.717, 1.165) is 12.0 Å². The van der Waals surface area contributed by atoms with Crippen LogP contribution in [0.4, 0.5) is 0 Å². The molecule has 1 aromatic carbocycles. The first-order chi connectivity index (χ1) is 9.56. The number of halogens is 1. The molecule has 2 rings (SSSR count). The van der Waals surface area contributed by atoms with E-state index in [9.17, 15) is 5.11 Å². The molecular formula is C15H20ClN3O. The highest BCUT2D eigenvalue weighted by Crippen LogP contribution is 2.22. The largest absolute Gasteiger partial charge is 0.391 e. The van der Waals surface area contributed by atoms with Gasteiger partial charge in [0.15, 0.2) is 0 Å². The van der Waals surface area contributed by atoms with Crippen LogP contribution in [0.1, 0.15) is 31.9 Å². The predicted molar refractivity (Wildman–Crippen MR) is 79.7 cm³/mol. The van der Waals surface area contributed by atoms with Gasteiger partial charge in [-0.1, -0.05) is 37.6 Å². The molecule has 1 N–H and O–H groups in total. The van der Waals surface area contributed by atoms with Crippen LogP contribution in [0.5, 0.6) is 0 Å². The number of hydrogen-bond acceptors (Lipinski definition) is 3. The molecule has 0 spiro atoms. The first-order valence-electron chi connectivity index (χ1n) is 6.83. The molecule has 0 radical (unpaired) electrons. The van der Waals surface area contributed by atoms with Crippen molar-refractivity contribution >= 4 is 11.6 Å². The van der Waals surface area contributed by atoms with Crippen molar-refractivity contribution in [3.8, 4) is 0 Å². The Morgan fingerprint density at radius 3 is 2.50 bits per heavy atom. The van der Waals surface area contributed by atoms with E-state index in [-0.39, 0.29) is 6.04 Å². The molecule has 1 aromatic heterocycles. The first kappa shape index (κ1) is 15.0. The van der Waals surface area contributed by atoms with Crippen molar-refractivity contribution in [3.63, 3.8) is 0 Å². The summed E-state index contributed by atoms with van der Waals surface area (Å²) in [6.45, 7) is 4.20. The molecule has 0 bridgehead atoms. The van der Waals surface area contributed by atoms with Crippen LogP contribution in [0.2, 0.25) is 5.02 Å². The van der Waals surface area contributed by atoms with Gasteiger partial charge in [0.05, 0.1) is 12.1 Å². The highest BCUT2D eigenvalue weighted by molar-refractivity contribution is 6.30. The average Bonchev–Trinajstić information content (AvgIpc) is 2.90. The lowest BCUT2D eigenvalue weighted by Crippen LogP contribution is -2.28. The lowest BCUT2D eigenvalue weighted by Gasteiger charge is -2.24. The fourth-order valence-corrected chi connectivity index (χ4v) is 2.42. The molecule has 0 saturated carbocycles. The monoisotopic (exact) mass is 293 g/mol. The predicted octanol–water partition coefficient (Wildman–Crippen LogP) is 3.12. The van der Waals surface area contributed by atoms with Gasteiger partial charge in [-0.25, -0.2) is 9.67 Å². The minimum Gasteiger partial charge on any atom is -0.391 e. The van der Waals surface area contributed by atoms with Crippen LogP contribution >= 0.6 is 11.6 Å². The van der Waals surface area contributed by atoms with Crippen LogP contribution in [-0.2, 0) is 6.42 Å². The van der Waals surface area contributed by atoms with Gasteiger partial charge < -0.3 is 5.11 Å². The second-order valence-electron chi connectivity index (χ2n) is 5.47. The molecule has 2 unspecified atom stereocenters. The number of rotatable bonds is 6. The maximum Gasteiger partial charge on any atom is 0.137 e. The van der Waals surface area contributed by atoms with Crippen LogP contribution in [0.25, 0.3) is 0 Å². The van der Waals surface area contributed by atoms with Gasteiger partial charge in [0.2, 0.25) is 0 Å². The van der Waals surface area contributed by atoms with Crippen LogP contribution in [-0.4, -0.2) is 26.0 Å². The molecule has 0 amide bonds. The molecule has 2 aromatic rings. The summed E-state index contributed by atoms with van der Waals surface area (Å²) >= 11 is 5.90. The minimum atomic E-state index is -0.452. The smallest absolute Gasteiger partial charge is 0.137 e. The number of hydrogen-bond donors (Lipinski definition) is 1. The van der Waals surface area contributed by atoms with Crippen molar-refractivity contribution in [3.05, 3.63) is 47.5 Å². The third kappa shape index (κ3) is 4.05. The van der Waals surface area contributed by atoms with Gasteiger partial charge in [0.25, 0.3) is 0 Å². The molecule has 0 aliphatic heterocycles. The molecular weight excluding hydrogens is 274 g/mol. The van der Waals surface area contributed by atoms with Crippen molar-refractivity contribution in [2.45, 2.75) is 38.8 Å². The Morgan fingerprint density at radius 1 is 1.25 bits per heavy atom. The van der Waals surface area contributed by atoms with Crippen LogP contribution in [0.15, 0.2) is 36.9 Å². The van der Waals surface area contributed by atoms with E-state index in [1.165, 1.54) is 6.33 Å². The van der Waals surface area contributed by atoms with Gasteiger partial charge in [-0.05, 0) is 36.5 Å². The summed E-state index contributed by atoms with van der Waals surface area (Å²) in [4.78, 5) is 3.98. The van der Waals surface area contributed by atoms with Gasteiger partial charge in [-0.15, -0.1) is 0 Å². The number of aliphatic hydroxyl groups is 1. The summed E-state index contributed by atoms with van der Waals surface area (Å²) < 4.78 is 1.74. The Hall–Kier alpha value is -1.39. The normalized spacial score (nSPS) is 14.4. The van der Waals surface area contributed by atoms with E-state index < -0.39 is 6.10 Å². The lowest BCUT2D eigenvalue weighted by atomic mass is 9.95. The number of benzene rings is 1. The molecule has 2 atom stereocenters. The van der Waals surface area contributed by atoms with Gasteiger partial charge in [-0.2, -0.15) is 5.10 Å². The summed E-state index contributed by atoms with van der Waals surface area (Å²) in [7, 11) is 0.